The molecule has 9 heteroatoms. The number of esters is 1. The van der Waals surface area contributed by atoms with Gasteiger partial charge in [-0.1, -0.05) is 12.1 Å². The monoisotopic (exact) mass is 399 g/mol. The van der Waals surface area contributed by atoms with Gasteiger partial charge in [-0.15, -0.1) is 5.10 Å². The third-order valence-electron chi connectivity index (χ3n) is 3.41. The smallest absolute Gasteiger partial charge is 0.331 e. The second-order valence-electron chi connectivity index (χ2n) is 5.33. The van der Waals surface area contributed by atoms with E-state index in [1.54, 1.807) is 24.3 Å². The Morgan fingerprint density at radius 2 is 1.93 bits per heavy atom. The Kier molecular flexibility index (Phi) is 6.18. The average Bonchev–Trinajstić information content (AvgIpc) is 3.04. The summed E-state index contributed by atoms with van der Waals surface area (Å²) in [4.78, 5) is 23.2. The molecule has 7 nitrogen and oxygen atoms in total. The minimum absolute atomic E-state index is 0.167. The number of rotatable bonds is 5. The highest BCUT2D eigenvalue weighted by atomic mass is 32.2. The molecule has 0 bridgehead atoms. The van der Waals surface area contributed by atoms with Gasteiger partial charge in [0.05, 0.1) is 18.2 Å². The number of nitrogens with one attached hydrogen (secondary N) is 1. The van der Waals surface area contributed by atoms with Gasteiger partial charge in [0.2, 0.25) is 0 Å². The molecule has 0 atom stereocenters. The van der Waals surface area contributed by atoms with Crippen LogP contribution in [0.3, 0.4) is 0 Å². The molecule has 2 aromatic rings. The number of methoxy groups -OCH3 is 1. The minimum atomic E-state index is -0.630. The van der Waals surface area contributed by atoms with Crippen molar-refractivity contribution in [3.05, 3.63) is 70.9 Å². The van der Waals surface area contributed by atoms with Gasteiger partial charge in [-0.25, -0.2) is 9.18 Å². The van der Waals surface area contributed by atoms with Crippen LogP contribution in [-0.2, 0) is 14.3 Å². The van der Waals surface area contributed by atoms with Crippen molar-refractivity contribution < 1.29 is 23.5 Å². The van der Waals surface area contributed by atoms with Crippen molar-refractivity contribution in [2.75, 3.05) is 7.11 Å². The van der Waals surface area contributed by atoms with Crippen molar-refractivity contribution in [2.45, 2.75) is 0 Å². The third kappa shape index (κ3) is 5.04. The van der Waals surface area contributed by atoms with Crippen LogP contribution in [0.1, 0.15) is 5.56 Å². The average molecular weight is 399 g/mol. The molecule has 1 heterocycles. The van der Waals surface area contributed by atoms with E-state index in [-0.39, 0.29) is 15.9 Å². The number of halogens is 1. The molecule has 1 amide bonds. The molecule has 142 valence electrons. The van der Waals surface area contributed by atoms with Crippen molar-refractivity contribution in [1.82, 2.24) is 5.32 Å². The molecule has 1 aliphatic heterocycles. The number of thioether (sulfide) groups is 1. The van der Waals surface area contributed by atoms with Gasteiger partial charge < -0.3 is 9.47 Å². The van der Waals surface area contributed by atoms with Gasteiger partial charge >= 0.3 is 5.97 Å². The Morgan fingerprint density at radius 1 is 1.18 bits per heavy atom. The van der Waals surface area contributed by atoms with E-state index in [0.29, 0.717) is 17.1 Å². The molecule has 0 unspecified atom stereocenters. The highest BCUT2D eigenvalue weighted by molar-refractivity contribution is 8.18. The van der Waals surface area contributed by atoms with E-state index >= 15 is 0 Å². The first-order valence-corrected chi connectivity index (χ1v) is 8.79. The Morgan fingerprint density at radius 3 is 2.68 bits per heavy atom. The first-order valence-electron chi connectivity index (χ1n) is 7.97. The van der Waals surface area contributed by atoms with E-state index in [2.05, 4.69) is 20.3 Å². The lowest BCUT2D eigenvalue weighted by Crippen LogP contribution is -2.19. The maximum Gasteiger partial charge on any atom is 0.331 e. The molecule has 0 aromatic heterocycles. The molecule has 1 saturated heterocycles. The molecular formula is C19H14FN3O4S. The molecule has 0 radical (unpaired) electrons. The molecule has 1 N–H and O–H groups in total. The van der Waals surface area contributed by atoms with Crippen LogP contribution in [0.2, 0.25) is 0 Å². The van der Waals surface area contributed by atoms with E-state index in [1.165, 1.54) is 37.6 Å². The van der Waals surface area contributed by atoms with Crippen LogP contribution in [-0.4, -0.2) is 30.4 Å². The second kappa shape index (κ2) is 8.96. The highest BCUT2D eigenvalue weighted by Gasteiger charge is 2.25. The summed E-state index contributed by atoms with van der Waals surface area (Å²) >= 11 is 0.975. The van der Waals surface area contributed by atoms with Crippen molar-refractivity contribution in [3.8, 4) is 11.5 Å². The number of hydrogen-bond acceptors (Lipinski definition) is 7. The molecular weight excluding hydrogens is 385 g/mol. The summed E-state index contributed by atoms with van der Waals surface area (Å²) in [6, 6.07) is 12.7. The lowest BCUT2D eigenvalue weighted by Gasteiger charge is -2.07. The van der Waals surface area contributed by atoms with Crippen LogP contribution >= 0.6 is 11.8 Å². The maximum absolute atomic E-state index is 13.0. The number of benzene rings is 2. The number of carbonyl (C=O) groups is 2. The molecule has 28 heavy (non-hydrogen) atoms. The SMILES string of the molecule is COC(=O)/C=C1/S/C(=N\N=Cc2ccccc2Oc2ccc(F)cc2)NC1=O. The van der Waals surface area contributed by atoms with Gasteiger partial charge in [0, 0.05) is 11.6 Å². The first kappa shape index (κ1) is 19.3. The lowest BCUT2D eigenvalue weighted by molar-refractivity contribution is -0.135. The zero-order valence-corrected chi connectivity index (χ0v) is 15.4. The number of amides is 1. The van der Waals surface area contributed by atoms with E-state index in [1.807, 2.05) is 0 Å². The number of para-hydroxylation sites is 1. The number of nitrogens with zero attached hydrogens (tertiary/aromatic N) is 2. The molecule has 0 saturated carbocycles. The first-order chi connectivity index (χ1) is 13.5. The van der Waals surface area contributed by atoms with Gasteiger partial charge in [-0.2, -0.15) is 5.10 Å². The predicted molar refractivity (Wildman–Crippen MR) is 104 cm³/mol. The Labute approximate surface area is 163 Å². The Balaban J connectivity index is 1.72. The largest absolute Gasteiger partial charge is 0.466 e. The Hall–Kier alpha value is -3.46. The summed E-state index contributed by atoms with van der Waals surface area (Å²) < 4.78 is 23.2. The predicted octanol–water partition coefficient (Wildman–Crippen LogP) is 3.23. The number of ether oxygens (including phenoxy) is 2. The molecule has 0 aliphatic carbocycles. The normalized spacial score (nSPS) is 16.6. The van der Waals surface area contributed by atoms with Crippen LogP contribution in [0, 0.1) is 5.82 Å². The van der Waals surface area contributed by atoms with Crippen molar-refractivity contribution in [2.24, 2.45) is 10.2 Å². The van der Waals surface area contributed by atoms with Crippen LogP contribution in [0.5, 0.6) is 11.5 Å². The van der Waals surface area contributed by atoms with Crippen LogP contribution in [0.4, 0.5) is 4.39 Å². The number of amidine groups is 1. The topological polar surface area (TPSA) is 89.3 Å². The van der Waals surface area contributed by atoms with Gasteiger partial charge in [0.15, 0.2) is 5.17 Å². The fourth-order valence-corrected chi connectivity index (χ4v) is 2.83. The standard InChI is InChI=1S/C19H14FN3O4S/c1-26-17(24)10-16-18(25)22-19(28-16)23-21-11-12-4-2-3-5-15(12)27-14-8-6-13(20)7-9-14/h2-11H,1H3,(H,22,23,25)/b16-10+,21-11?. The molecule has 0 spiro atoms. The summed E-state index contributed by atoms with van der Waals surface area (Å²) in [7, 11) is 1.22. The van der Waals surface area contributed by atoms with E-state index in [4.69, 9.17) is 4.74 Å². The molecule has 2 aromatic carbocycles. The zero-order chi connectivity index (χ0) is 19.9. The van der Waals surface area contributed by atoms with Crippen molar-refractivity contribution >= 4 is 35.0 Å². The number of carbonyl (C=O) groups excluding carboxylic acids is 2. The fraction of sp³-hybridized carbons (Fsp3) is 0.0526. The van der Waals surface area contributed by atoms with E-state index < -0.39 is 11.9 Å². The summed E-state index contributed by atoms with van der Waals surface area (Å²) in [5, 5.41) is 10.6. The van der Waals surface area contributed by atoms with E-state index in [9.17, 15) is 14.0 Å². The van der Waals surface area contributed by atoms with Gasteiger partial charge in [-0.05, 0) is 48.2 Å². The lowest BCUT2D eigenvalue weighted by atomic mass is 10.2. The zero-order valence-electron chi connectivity index (χ0n) is 14.6. The molecule has 1 aliphatic rings. The minimum Gasteiger partial charge on any atom is -0.466 e. The Bertz CT molecular complexity index is 987. The quantitative estimate of drug-likeness (QED) is 0.361. The van der Waals surface area contributed by atoms with Gasteiger partial charge in [0.25, 0.3) is 5.91 Å². The summed E-state index contributed by atoms with van der Waals surface area (Å²) in [5.41, 5.74) is 0.635. The van der Waals surface area contributed by atoms with E-state index in [0.717, 1.165) is 17.8 Å². The van der Waals surface area contributed by atoms with Crippen molar-refractivity contribution in [1.29, 1.82) is 0 Å². The fourth-order valence-electron chi connectivity index (χ4n) is 2.09. The number of hydrogen-bond donors (Lipinski definition) is 1. The summed E-state index contributed by atoms with van der Waals surface area (Å²) in [6.07, 6.45) is 2.54. The second-order valence-corrected chi connectivity index (χ2v) is 6.36. The highest BCUT2D eigenvalue weighted by Crippen LogP contribution is 2.25. The summed E-state index contributed by atoms with van der Waals surface area (Å²) in [5.74, 6) is -0.453. The molecule has 1 fully saturated rings. The van der Waals surface area contributed by atoms with Gasteiger partial charge in [-0.3, -0.25) is 10.1 Å². The van der Waals surface area contributed by atoms with Crippen molar-refractivity contribution in [3.63, 3.8) is 0 Å². The molecule has 3 rings (SSSR count). The summed E-state index contributed by atoms with van der Waals surface area (Å²) in [6.45, 7) is 0. The van der Waals surface area contributed by atoms with Crippen LogP contribution in [0.25, 0.3) is 0 Å². The third-order valence-corrected chi connectivity index (χ3v) is 4.31. The van der Waals surface area contributed by atoms with Crippen LogP contribution in [0.15, 0.2) is 69.7 Å². The van der Waals surface area contributed by atoms with Gasteiger partial charge in [0.1, 0.15) is 17.3 Å². The van der Waals surface area contributed by atoms with Crippen LogP contribution < -0.4 is 10.1 Å². The maximum atomic E-state index is 13.0.